The number of rotatable bonds is 7. The van der Waals surface area contributed by atoms with Crippen LogP contribution >= 0.6 is 0 Å². The van der Waals surface area contributed by atoms with Crippen molar-refractivity contribution in [2.75, 3.05) is 5.32 Å². The van der Waals surface area contributed by atoms with Gasteiger partial charge < -0.3 is 14.7 Å². The molecular formula is C23H22N6O. The van der Waals surface area contributed by atoms with E-state index in [0.717, 1.165) is 52.4 Å². The second-order valence-electron chi connectivity index (χ2n) is 7.27. The lowest BCUT2D eigenvalue weighted by molar-refractivity contribution is 0.507. The molecule has 0 radical (unpaired) electrons. The van der Waals surface area contributed by atoms with Crippen molar-refractivity contribution in [3.8, 4) is 11.1 Å². The molecule has 7 heteroatoms. The first kappa shape index (κ1) is 18.2. The minimum absolute atomic E-state index is 0.675. The van der Waals surface area contributed by atoms with Gasteiger partial charge in [-0.05, 0) is 29.3 Å². The Balaban J connectivity index is 1.28. The quantitative estimate of drug-likeness (QED) is 0.426. The van der Waals surface area contributed by atoms with Crippen molar-refractivity contribution in [3.63, 3.8) is 0 Å². The summed E-state index contributed by atoms with van der Waals surface area (Å²) in [5.41, 5.74) is 5.28. The van der Waals surface area contributed by atoms with E-state index in [4.69, 9.17) is 9.40 Å². The van der Waals surface area contributed by atoms with E-state index in [-0.39, 0.29) is 0 Å². The van der Waals surface area contributed by atoms with Crippen LogP contribution in [0.2, 0.25) is 0 Å². The Morgan fingerprint density at radius 3 is 2.73 bits per heavy atom. The van der Waals surface area contributed by atoms with Gasteiger partial charge in [0.2, 0.25) is 0 Å². The Morgan fingerprint density at radius 1 is 1.07 bits per heavy atom. The van der Waals surface area contributed by atoms with Crippen molar-refractivity contribution in [1.82, 2.24) is 24.7 Å². The highest BCUT2D eigenvalue weighted by atomic mass is 16.3. The Labute approximate surface area is 173 Å². The number of pyridine rings is 1. The number of aromatic nitrogens is 5. The van der Waals surface area contributed by atoms with Crippen molar-refractivity contribution < 1.29 is 4.42 Å². The Kier molecular flexibility index (Phi) is 4.77. The molecule has 0 saturated carbocycles. The highest BCUT2D eigenvalue weighted by Gasteiger charge is 2.09. The summed E-state index contributed by atoms with van der Waals surface area (Å²) < 4.78 is 7.22. The van der Waals surface area contributed by atoms with Crippen LogP contribution < -0.4 is 5.32 Å². The lowest BCUT2D eigenvalue weighted by Gasteiger charge is -2.07. The summed E-state index contributed by atoms with van der Waals surface area (Å²) in [4.78, 5) is 12.6. The summed E-state index contributed by atoms with van der Waals surface area (Å²) in [5, 5.41) is 7.65. The maximum atomic E-state index is 5.41. The van der Waals surface area contributed by atoms with E-state index in [1.54, 1.807) is 12.5 Å². The summed E-state index contributed by atoms with van der Waals surface area (Å²) in [6, 6.07) is 14.3. The Hall–Kier alpha value is -3.87. The summed E-state index contributed by atoms with van der Waals surface area (Å²) in [6.45, 7) is 0.675. The van der Waals surface area contributed by atoms with Crippen LogP contribution in [0.3, 0.4) is 0 Å². The van der Waals surface area contributed by atoms with Gasteiger partial charge in [-0.1, -0.05) is 24.3 Å². The minimum Gasteiger partial charge on any atom is -0.469 e. The van der Waals surface area contributed by atoms with Gasteiger partial charge in [-0.2, -0.15) is 5.10 Å². The molecule has 0 unspecified atom stereocenters. The van der Waals surface area contributed by atoms with Crippen LogP contribution in [-0.4, -0.2) is 24.7 Å². The van der Waals surface area contributed by atoms with Gasteiger partial charge in [0, 0.05) is 44.4 Å². The molecule has 2 N–H and O–H groups in total. The molecular weight excluding hydrogens is 376 g/mol. The summed E-state index contributed by atoms with van der Waals surface area (Å²) >= 11 is 0. The smallest absolute Gasteiger partial charge is 0.154 e. The molecule has 0 bridgehead atoms. The first-order chi connectivity index (χ1) is 14.7. The molecule has 4 heterocycles. The topological polar surface area (TPSA) is 84.6 Å². The van der Waals surface area contributed by atoms with E-state index < -0.39 is 0 Å². The Bertz CT molecular complexity index is 1250. The predicted octanol–water partition coefficient (Wildman–Crippen LogP) is 4.35. The number of fused-ring (bicyclic) bond motifs is 1. The number of hydrogen-bond acceptors (Lipinski definition) is 5. The molecule has 5 aromatic rings. The maximum Gasteiger partial charge on any atom is 0.154 e. The molecule has 5 rings (SSSR count). The van der Waals surface area contributed by atoms with Gasteiger partial charge in [0.05, 0.1) is 18.0 Å². The van der Waals surface area contributed by atoms with Crippen LogP contribution in [0.25, 0.3) is 22.2 Å². The molecule has 0 aliphatic heterocycles. The molecule has 0 saturated heterocycles. The number of benzene rings is 1. The molecule has 0 atom stereocenters. The van der Waals surface area contributed by atoms with Gasteiger partial charge in [0.1, 0.15) is 17.1 Å². The number of nitrogens with zero attached hydrogens (tertiary/aromatic N) is 4. The largest absolute Gasteiger partial charge is 0.469 e. The zero-order chi connectivity index (χ0) is 20.3. The summed E-state index contributed by atoms with van der Waals surface area (Å²) in [7, 11) is 1.92. The molecule has 30 heavy (non-hydrogen) atoms. The first-order valence-electron chi connectivity index (χ1n) is 9.92. The van der Waals surface area contributed by atoms with Gasteiger partial charge in [0.25, 0.3) is 0 Å². The van der Waals surface area contributed by atoms with Crippen molar-refractivity contribution >= 4 is 16.9 Å². The fourth-order valence-corrected chi connectivity index (χ4v) is 3.50. The number of H-pyrrole nitrogens is 1. The Morgan fingerprint density at radius 2 is 1.97 bits per heavy atom. The van der Waals surface area contributed by atoms with Crippen LogP contribution in [0.1, 0.15) is 17.1 Å². The third-order valence-corrected chi connectivity index (χ3v) is 5.09. The predicted molar refractivity (Wildman–Crippen MR) is 116 cm³/mol. The second-order valence-corrected chi connectivity index (χ2v) is 7.27. The van der Waals surface area contributed by atoms with Gasteiger partial charge in [-0.15, -0.1) is 0 Å². The number of nitrogens with one attached hydrogen (secondary N) is 2. The number of anilines is 1. The number of furan rings is 1. The molecule has 0 fully saturated rings. The van der Waals surface area contributed by atoms with Crippen LogP contribution in [-0.2, 0) is 26.4 Å². The second kappa shape index (κ2) is 7.87. The fraction of sp³-hybridized carbons (Fsp3) is 0.174. The van der Waals surface area contributed by atoms with Gasteiger partial charge in [-0.3, -0.25) is 4.68 Å². The molecule has 4 aromatic heterocycles. The molecule has 0 aliphatic rings. The average Bonchev–Trinajstić information content (AvgIpc) is 3.51. The normalized spacial score (nSPS) is 11.2. The van der Waals surface area contributed by atoms with Crippen LogP contribution in [0.4, 0.5) is 5.82 Å². The van der Waals surface area contributed by atoms with E-state index in [2.05, 4.69) is 44.6 Å². The fourth-order valence-electron chi connectivity index (χ4n) is 3.50. The molecule has 1 aromatic carbocycles. The number of hydrogen-bond donors (Lipinski definition) is 2. The number of imidazole rings is 1. The van der Waals surface area contributed by atoms with Crippen molar-refractivity contribution in [1.29, 1.82) is 0 Å². The molecule has 7 nitrogen and oxygen atoms in total. The van der Waals surface area contributed by atoms with Crippen LogP contribution in [0, 0.1) is 0 Å². The standard InChI is InChI=1S/C23H22N6O/c1-29-15-18(14-26-29)17-6-4-16(5-7-17)13-25-23-22-20(10-11-24-23)27-21(28-22)9-8-19-3-2-12-30-19/h2-7,10-12,14-15H,8-9,13H2,1H3,(H,24,25)(H,27,28). The van der Waals surface area contributed by atoms with Crippen molar-refractivity contribution in [2.45, 2.75) is 19.4 Å². The number of aryl methyl sites for hydroxylation is 3. The van der Waals surface area contributed by atoms with E-state index in [9.17, 15) is 0 Å². The zero-order valence-electron chi connectivity index (χ0n) is 16.7. The lowest BCUT2D eigenvalue weighted by Crippen LogP contribution is -2.02. The van der Waals surface area contributed by atoms with Gasteiger partial charge >= 0.3 is 0 Å². The lowest BCUT2D eigenvalue weighted by atomic mass is 10.1. The van der Waals surface area contributed by atoms with Crippen LogP contribution in [0.5, 0.6) is 0 Å². The minimum atomic E-state index is 0.675. The molecule has 0 spiro atoms. The molecule has 150 valence electrons. The maximum absolute atomic E-state index is 5.41. The highest BCUT2D eigenvalue weighted by Crippen LogP contribution is 2.22. The van der Waals surface area contributed by atoms with E-state index >= 15 is 0 Å². The molecule has 0 amide bonds. The number of aromatic amines is 1. The van der Waals surface area contributed by atoms with Crippen LogP contribution in [0.15, 0.2) is 71.7 Å². The van der Waals surface area contributed by atoms with E-state index in [1.165, 1.54) is 5.56 Å². The van der Waals surface area contributed by atoms with E-state index in [0.29, 0.717) is 6.54 Å². The summed E-state index contributed by atoms with van der Waals surface area (Å²) in [6.07, 6.45) is 8.98. The average molecular weight is 398 g/mol. The highest BCUT2D eigenvalue weighted by molar-refractivity contribution is 5.85. The monoisotopic (exact) mass is 398 g/mol. The molecule has 0 aliphatic carbocycles. The van der Waals surface area contributed by atoms with E-state index in [1.807, 2.05) is 42.3 Å². The third kappa shape index (κ3) is 3.82. The van der Waals surface area contributed by atoms with Gasteiger partial charge in [-0.25, -0.2) is 9.97 Å². The van der Waals surface area contributed by atoms with Crippen molar-refractivity contribution in [3.05, 3.63) is 84.5 Å². The summed E-state index contributed by atoms with van der Waals surface area (Å²) in [5.74, 6) is 2.67. The SMILES string of the molecule is Cn1cc(-c2ccc(CNc3nccc4[nH]c(CCc5ccco5)nc34)cc2)cn1. The van der Waals surface area contributed by atoms with Gasteiger partial charge in [0.15, 0.2) is 5.82 Å². The van der Waals surface area contributed by atoms with Crippen molar-refractivity contribution in [2.24, 2.45) is 7.05 Å². The first-order valence-corrected chi connectivity index (χ1v) is 9.92. The third-order valence-electron chi connectivity index (χ3n) is 5.09. The zero-order valence-corrected chi connectivity index (χ0v) is 16.7.